The van der Waals surface area contributed by atoms with Gasteiger partial charge in [0.15, 0.2) is 0 Å². The van der Waals surface area contributed by atoms with Crippen LogP contribution < -0.4 is 20.9 Å². The van der Waals surface area contributed by atoms with Crippen molar-refractivity contribution >= 4 is 5.91 Å². The minimum atomic E-state index is -0.230. The number of benzene rings is 4. The number of aryl methyl sites for hydroxylation is 3. The SMILES string of the molecule is Cc1cc(Oc2c(C)cc(CC(=O)N3CCOCC3)cc2Cc2c(CC(N)CN)cc(C)c(Oc3ccc(O)cc3)c2C)ccc1O. The van der Waals surface area contributed by atoms with Crippen LogP contribution in [0.1, 0.15) is 44.5 Å². The van der Waals surface area contributed by atoms with Gasteiger partial charge in [0.05, 0.1) is 19.6 Å². The third-order valence-corrected chi connectivity index (χ3v) is 8.66. The summed E-state index contributed by atoms with van der Waals surface area (Å²) in [7, 11) is 0. The number of hydrogen-bond acceptors (Lipinski definition) is 8. The van der Waals surface area contributed by atoms with E-state index in [2.05, 4.69) is 12.1 Å². The molecular weight excluding hydrogens is 594 g/mol. The van der Waals surface area contributed by atoms with Gasteiger partial charge in [-0.1, -0.05) is 18.2 Å². The molecule has 1 aliphatic rings. The van der Waals surface area contributed by atoms with Crippen LogP contribution in [0.15, 0.2) is 60.7 Å². The van der Waals surface area contributed by atoms with Crippen molar-refractivity contribution in [3.63, 3.8) is 0 Å². The maximum Gasteiger partial charge on any atom is 0.227 e. The predicted octanol–water partition coefficient (Wildman–Crippen LogP) is 5.74. The molecule has 47 heavy (non-hydrogen) atoms. The van der Waals surface area contributed by atoms with Crippen LogP contribution in [0.5, 0.6) is 34.5 Å². The van der Waals surface area contributed by atoms with E-state index in [-0.39, 0.29) is 29.9 Å². The first-order valence-corrected chi connectivity index (χ1v) is 16.0. The highest BCUT2D eigenvalue weighted by atomic mass is 16.5. The molecule has 248 valence electrons. The molecule has 1 saturated heterocycles. The number of carbonyl (C=O) groups excluding carboxylic acids is 1. The highest BCUT2D eigenvalue weighted by Crippen LogP contribution is 2.39. The van der Waals surface area contributed by atoms with Gasteiger partial charge in [0.1, 0.15) is 34.5 Å². The lowest BCUT2D eigenvalue weighted by Crippen LogP contribution is -2.41. The Balaban J connectivity index is 1.60. The van der Waals surface area contributed by atoms with Crippen LogP contribution in [0.2, 0.25) is 0 Å². The summed E-state index contributed by atoms with van der Waals surface area (Å²) < 4.78 is 18.4. The van der Waals surface area contributed by atoms with E-state index in [0.29, 0.717) is 68.5 Å². The molecule has 0 bridgehead atoms. The van der Waals surface area contributed by atoms with Crippen molar-refractivity contribution in [1.82, 2.24) is 4.90 Å². The van der Waals surface area contributed by atoms with E-state index in [9.17, 15) is 15.0 Å². The fraction of sp³-hybridized carbons (Fsp3) is 0.342. The number of carbonyl (C=O) groups is 1. The number of ether oxygens (including phenoxy) is 3. The summed E-state index contributed by atoms with van der Waals surface area (Å²) in [5, 5.41) is 19.9. The van der Waals surface area contributed by atoms with E-state index in [1.807, 2.05) is 38.7 Å². The molecular formula is C38H45N3O6. The zero-order chi connectivity index (χ0) is 33.7. The standard InChI is InChI=1S/C38H45N3O6/c1-23-17-33(9-10-35(23)43)47-38-24(2)15-27(19-36(44)41-11-13-45-14-12-41)18-29(38)21-34-26(4)37(46-32-7-5-31(42)6-8-32)25(3)16-28(34)20-30(40)22-39/h5-10,15-18,30,42-43H,11-14,19-22,39-40H2,1-4H3. The quantitative estimate of drug-likeness (QED) is 0.163. The largest absolute Gasteiger partial charge is 0.508 e. The smallest absolute Gasteiger partial charge is 0.227 e. The first kappa shape index (κ1) is 33.8. The summed E-state index contributed by atoms with van der Waals surface area (Å²) in [5.74, 6) is 3.05. The fourth-order valence-corrected chi connectivity index (χ4v) is 6.08. The van der Waals surface area contributed by atoms with Gasteiger partial charge in [-0.2, -0.15) is 0 Å². The van der Waals surface area contributed by atoms with E-state index < -0.39 is 0 Å². The number of hydrogen-bond donors (Lipinski definition) is 4. The second kappa shape index (κ2) is 14.9. The Morgan fingerprint density at radius 3 is 2.19 bits per heavy atom. The Bertz CT molecular complexity index is 1730. The maximum atomic E-state index is 13.3. The molecule has 6 N–H and O–H groups in total. The molecule has 1 aliphatic heterocycles. The lowest BCUT2D eigenvalue weighted by atomic mass is 9.88. The number of aromatic hydroxyl groups is 2. The Hall–Kier alpha value is -4.57. The Kier molecular flexibility index (Phi) is 10.7. The van der Waals surface area contributed by atoms with Crippen molar-refractivity contribution in [3.8, 4) is 34.5 Å². The topological polar surface area (TPSA) is 140 Å². The lowest BCUT2D eigenvalue weighted by molar-refractivity contribution is -0.134. The van der Waals surface area contributed by atoms with Crippen LogP contribution in [0.25, 0.3) is 0 Å². The molecule has 1 heterocycles. The Morgan fingerprint density at radius 1 is 0.851 bits per heavy atom. The van der Waals surface area contributed by atoms with Gasteiger partial charge in [0.2, 0.25) is 5.91 Å². The van der Waals surface area contributed by atoms with Crippen LogP contribution in [-0.2, 0) is 28.8 Å². The number of phenols is 2. The highest BCUT2D eigenvalue weighted by Gasteiger charge is 2.22. The van der Waals surface area contributed by atoms with Gasteiger partial charge in [-0.15, -0.1) is 0 Å². The number of nitrogens with zero attached hydrogens (tertiary/aromatic N) is 1. The van der Waals surface area contributed by atoms with Gasteiger partial charge in [-0.05, 0) is 121 Å². The lowest BCUT2D eigenvalue weighted by Gasteiger charge is -2.27. The van der Waals surface area contributed by atoms with Crippen molar-refractivity contribution < 1.29 is 29.2 Å². The third-order valence-electron chi connectivity index (χ3n) is 8.66. The van der Waals surface area contributed by atoms with Crippen molar-refractivity contribution in [2.75, 3.05) is 32.8 Å². The number of rotatable bonds is 11. The third kappa shape index (κ3) is 8.24. The zero-order valence-corrected chi connectivity index (χ0v) is 27.6. The molecule has 0 spiro atoms. The van der Waals surface area contributed by atoms with E-state index in [0.717, 1.165) is 44.7 Å². The highest BCUT2D eigenvalue weighted by molar-refractivity contribution is 5.79. The van der Waals surface area contributed by atoms with Crippen LogP contribution in [0, 0.1) is 27.7 Å². The zero-order valence-electron chi connectivity index (χ0n) is 27.6. The summed E-state index contributed by atoms with van der Waals surface area (Å²) in [6, 6.07) is 17.8. The van der Waals surface area contributed by atoms with Gasteiger partial charge in [0.25, 0.3) is 0 Å². The molecule has 0 aromatic heterocycles. The van der Waals surface area contributed by atoms with Gasteiger partial charge < -0.3 is 40.8 Å². The average Bonchev–Trinajstić information content (AvgIpc) is 3.05. The second-order valence-electron chi connectivity index (χ2n) is 12.4. The first-order valence-electron chi connectivity index (χ1n) is 16.0. The summed E-state index contributed by atoms with van der Waals surface area (Å²) >= 11 is 0. The molecule has 4 aromatic carbocycles. The summed E-state index contributed by atoms with van der Waals surface area (Å²) in [6.45, 7) is 10.5. The average molecular weight is 640 g/mol. The number of morpholine rings is 1. The van der Waals surface area contributed by atoms with Crippen molar-refractivity contribution in [2.45, 2.75) is 53.0 Å². The summed E-state index contributed by atoms with van der Waals surface area (Å²) in [5.41, 5.74) is 19.8. The summed E-state index contributed by atoms with van der Waals surface area (Å²) in [6.07, 6.45) is 1.32. The predicted molar refractivity (Wildman–Crippen MR) is 183 cm³/mol. The molecule has 9 heteroatoms. The minimum absolute atomic E-state index is 0.0622. The van der Waals surface area contributed by atoms with E-state index >= 15 is 0 Å². The van der Waals surface area contributed by atoms with Crippen LogP contribution in [-0.4, -0.2) is 59.9 Å². The number of nitrogens with two attached hydrogens (primary N) is 2. The van der Waals surface area contributed by atoms with Crippen molar-refractivity contribution in [2.24, 2.45) is 11.5 Å². The molecule has 5 rings (SSSR count). The van der Waals surface area contributed by atoms with Gasteiger partial charge in [-0.25, -0.2) is 0 Å². The van der Waals surface area contributed by atoms with Gasteiger partial charge >= 0.3 is 0 Å². The molecule has 1 atom stereocenters. The van der Waals surface area contributed by atoms with Gasteiger partial charge in [-0.3, -0.25) is 4.79 Å². The van der Waals surface area contributed by atoms with E-state index in [4.69, 9.17) is 25.7 Å². The molecule has 9 nitrogen and oxygen atoms in total. The fourth-order valence-electron chi connectivity index (χ4n) is 6.08. The first-order chi connectivity index (χ1) is 22.5. The van der Waals surface area contributed by atoms with Gasteiger partial charge in [0, 0.05) is 32.1 Å². The van der Waals surface area contributed by atoms with Crippen LogP contribution in [0.3, 0.4) is 0 Å². The molecule has 0 saturated carbocycles. The van der Waals surface area contributed by atoms with Crippen LogP contribution >= 0.6 is 0 Å². The molecule has 1 amide bonds. The van der Waals surface area contributed by atoms with E-state index in [1.54, 1.807) is 42.5 Å². The normalized spacial score (nSPS) is 13.8. The molecule has 0 aliphatic carbocycles. The monoisotopic (exact) mass is 639 g/mol. The second-order valence-corrected chi connectivity index (χ2v) is 12.4. The molecule has 1 unspecified atom stereocenters. The van der Waals surface area contributed by atoms with Crippen molar-refractivity contribution in [3.05, 3.63) is 105 Å². The number of phenolic OH excluding ortho intramolecular Hbond substituents is 2. The maximum absolute atomic E-state index is 13.3. The van der Waals surface area contributed by atoms with Crippen molar-refractivity contribution in [1.29, 1.82) is 0 Å². The van der Waals surface area contributed by atoms with Crippen LogP contribution in [0.4, 0.5) is 0 Å². The van der Waals surface area contributed by atoms with E-state index in [1.165, 1.54) is 0 Å². The summed E-state index contributed by atoms with van der Waals surface area (Å²) in [4.78, 5) is 15.1. The molecule has 0 radical (unpaired) electrons. The Morgan fingerprint density at radius 2 is 1.51 bits per heavy atom. The number of amides is 1. The Labute approximate surface area is 276 Å². The minimum Gasteiger partial charge on any atom is -0.508 e. The molecule has 1 fully saturated rings. The molecule has 4 aromatic rings.